The summed E-state index contributed by atoms with van der Waals surface area (Å²) in [4.78, 5) is 30.2. The molecule has 3 aromatic heterocycles. The van der Waals surface area contributed by atoms with Gasteiger partial charge in [-0.15, -0.1) is 11.3 Å². The number of thiophene rings is 1. The van der Waals surface area contributed by atoms with Gasteiger partial charge in [-0.05, 0) is 49.8 Å². The highest BCUT2D eigenvalue weighted by atomic mass is 32.1. The summed E-state index contributed by atoms with van der Waals surface area (Å²) in [7, 11) is 0. The van der Waals surface area contributed by atoms with E-state index in [0.29, 0.717) is 12.0 Å². The summed E-state index contributed by atoms with van der Waals surface area (Å²) in [5.74, 6) is 1.68. The Kier molecular flexibility index (Phi) is 4.47. The van der Waals surface area contributed by atoms with E-state index in [-0.39, 0.29) is 5.91 Å². The zero-order valence-electron chi connectivity index (χ0n) is 15.9. The molecule has 144 valence electrons. The minimum atomic E-state index is 0.173. The molecule has 1 aliphatic heterocycles. The predicted molar refractivity (Wildman–Crippen MR) is 111 cm³/mol. The molecule has 7 heteroatoms. The van der Waals surface area contributed by atoms with E-state index in [9.17, 15) is 4.79 Å². The molecule has 0 aromatic carbocycles. The lowest BCUT2D eigenvalue weighted by Crippen LogP contribution is -2.37. The fourth-order valence-corrected chi connectivity index (χ4v) is 5.67. The standard InChI is InChI=1S/C21H23N5OS/c1-13-17-19(23-9-7-15-4-2-3-8-22-15)24-12-25-20(17)28-18(13)21(27)26-11-14-5-6-16(26)10-14/h2-4,8,12,14,16H,5-7,9-11H2,1H3,(H,23,24,25). The molecule has 2 aliphatic rings. The summed E-state index contributed by atoms with van der Waals surface area (Å²) in [6.45, 7) is 3.67. The first-order valence-electron chi connectivity index (χ1n) is 9.89. The summed E-state index contributed by atoms with van der Waals surface area (Å²) >= 11 is 1.50. The van der Waals surface area contributed by atoms with E-state index in [1.165, 1.54) is 24.2 Å². The lowest BCUT2D eigenvalue weighted by molar-refractivity contribution is 0.0708. The van der Waals surface area contributed by atoms with Crippen LogP contribution in [-0.4, -0.2) is 44.9 Å². The van der Waals surface area contributed by atoms with Crippen molar-refractivity contribution >= 4 is 33.3 Å². The monoisotopic (exact) mass is 393 g/mol. The first kappa shape index (κ1) is 17.6. The highest BCUT2D eigenvalue weighted by molar-refractivity contribution is 7.20. The number of aromatic nitrogens is 3. The number of likely N-dealkylation sites (tertiary alicyclic amines) is 1. The van der Waals surface area contributed by atoms with Crippen LogP contribution < -0.4 is 5.32 Å². The van der Waals surface area contributed by atoms with Gasteiger partial charge in [0.1, 0.15) is 17.0 Å². The van der Waals surface area contributed by atoms with Gasteiger partial charge < -0.3 is 10.2 Å². The molecule has 1 aliphatic carbocycles. The molecule has 28 heavy (non-hydrogen) atoms. The molecule has 1 amide bonds. The van der Waals surface area contributed by atoms with Gasteiger partial charge in [0.25, 0.3) is 5.91 Å². The molecule has 3 aromatic rings. The fourth-order valence-electron chi connectivity index (χ4n) is 4.57. The van der Waals surface area contributed by atoms with Crippen LogP contribution in [-0.2, 0) is 6.42 Å². The van der Waals surface area contributed by atoms with Crippen molar-refractivity contribution in [2.24, 2.45) is 5.92 Å². The maximum Gasteiger partial charge on any atom is 0.264 e. The van der Waals surface area contributed by atoms with Crippen molar-refractivity contribution in [1.29, 1.82) is 0 Å². The van der Waals surface area contributed by atoms with Crippen LogP contribution in [0.25, 0.3) is 10.2 Å². The fraction of sp³-hybridized carbons (Fsp3) is 0.429. The quantitative estimate of drug-likeness (QED) is 0.716. The Bertz CT molecular complexity index is 1020. The molecule has 5 rings (SSSR count). The molecular formula is C21H23N5OS. The van der Waals surface area contributed by atoms with E-state index in [2.05, 4.69) is 25.2 Å². The van der Waals surface area contributed by atoms with Crippen LogP contribution >= 0.6 is 11.3 Å². The molecule has 2 atom stereocenters. The normalized spacial score (nSPS) is 20.8. The van der Waals surface area contributed by atoms with E-state index in [4.69, 9.17) is 0 Å². The second-order valence-electron chi connectivity index (χ2n) is 7.75. The lowest BCUT2D eigenvalue weighted by atomic mass is 10.1. The second-order valence-corrected chi connectivity index (χ2v) is 8.75. The third-order valence-corrected chi connectivity index (χ3v) is 7.18. The molecule has 2 bridgehead atoms. The molecule has 1 N–H and O–H groups in total. The Morgan fingerprint density at radius 3 is 2.96 bits per heavy atom. The largest absolute Gasteiger partial charge is 0.369 e. The predicted octanol–water partition coefficient (Wildman–Crippen LogP) is 3.67. The third-order valence-electron chi connectivity index (χ3n) is 5.99. The zero-order chi connectivity index (χ0) is 19.1. The highest BCUT2D eigenvalue weighted by Gasteiger charge is 2.41. The average molecular weight is 394 g/mol. The number of amides is 1. The Labute approximate surface area is 168 Å². The number of nitrogens with one attached hydrogen (secondary N) is 1. The van der Waals surface area contributed by atoms with E-state index in [1.54, 1.807) is 6.33 Å². The summed E-state index contributed by atoms with van der Waals surface area (Å²) in [5, 5.41) is 4.39. The van der Waals surface area contributed by atoms with Gasteiger partial charge in [-0.1, -0.05) is 6.07 Å². The molecule has 1 saturated carbocycles. The van der Waals surface area contributed by atoms with E-state index in [0.717, 1.165) is 58.1 Å². The van der Waals surface area contributed by atoms with Crippen molar-refractivity contribution in [2.45, 2.75) is 38.6 Å². The lowest BCUT2D eigenvalue weighted by Gasteiger charge is -2.26. The molecule has 0 spiro atoms. The maximum atomic E-state index is 13.2. The molecule has 0 radical (unpaired) electrons. The number of nitrogens with zero attached hydrogens (tertiary/aromatic N) is 4. The van der Waals surface area contributed by atoms with Crippen molar-refractivity contribution in [1.82, 2.24) is 19.9 Å². The van der Waals surface area contributed by atoms with Crippen LogP contribution in [0.3, 0.4) is 0 Å². The average Bonchev–Trinajstić information content (AvgIpc) is 3.43. The van der Waals surface area contributed by atoms with Crippen LogP contribution in [0.5, 0.6) is 0 Å². The first-order chi connectivity index (χ1) is 13.7. The zero-order valence-corrected chi connectivity index (χ0v) is 16.7. The van der Waals surface area contributed by atoms with Gasteiger partial charge in [0.05, 0.1) is 10.3 Å². The number of carbonyl (C=O) groups is 1. The minimum Gasteiger partial charge on any atom is -0.369 e. The van der Waals surface area contributed by atoms with Crippen molar-refractivity contribution in [2.75, 3.05) is 18.4 Å². The topological polar surface area (TPSA) is 71.0 Å². The number of rotatable bonds is 5. The van der Waals surface area contributed by atoms with Gasteiger partial charge in [0.15, 0.2) is 0 Å². The summed E-state index contributed by atoms with van der Waals surface area (Å²) in [5.41, 5.74) is 2.04. The molecule has 2 unspecified atom stereocenters. The van der Waals surface area contributed by atoms with Crippen LogP contribution in [0.4, 0.5) is 5.82 Å². The van der Waals surface area contributed by atoms with Gasteiger partial charge in [-0.2, -0.15) is 0 Å². The van der Waals surface area contributed by atoms with Gasteiger partial charge in [-0.25, -0.2) is 9.97 Å². The Hall–Kier alpha value is -2.54. The smallest absolute Gasteiger partial charge is 0.264 e. The number of piperidine rings is 1. The van der Waals surface area contributed by atoms with E-state index >= 15 is 0 Å². The van der Waals surface area contributed by atoms with E-state index in [1.807, 2.05) is 31.3 Å². The summed E-state index contributed by atoms with van der Waals surface area (Å²) in [6.07, 6.45) is 7.81. The Morgan fingerprint density at radius 2 is 2.21 bits per heavy atom. The number of aryl methyl sites for hydroxylation is 1. The minimum absolute atomic E-state index is 0.173. The molecule has 4 heterocycles. The van der Waals surface area contributed by atoms with Crippen LogP contribution in [0.2, 0.25) is 0 Å². The summed E-state index contributed by atoms with van der Waals surface area (Å²) < 4.78 is 0. The van der Waals surface area contributed by atoms with Crippen LogP contribution in [0.15, 0.2) is 30.7 Å². The number of fused-ring (bicyclic) bond motifs is 3. The Morgan fingerprint density at radius 1 is 1.29 bits per heavy atom. The van der Waals surface area contributed by atoms with E-state index < -0.39 is 0 Å². The van der Waals surface area contributed by atoms with Gasteiger partial charge >= 0.3 is 0 Å². The molecule has 6 nitrogen and oxygen atoms in total. The van der Waals surface area contributed by atoms with Crippen LogP contribution in [0, 0.1) is 12.8 Å². The van der Waals surface area contributed by atoms with Gasteiger partial charge in [0.2, 0.25) is 0 Å². The molecule has 2 fully saturated rings. The van der Waals surface area contributed by atoms with Crippen molar-refractivity contribution in [3.63, 3.8) is 0 Å². The third kappa shape index (κ3) is 3.03. The SMILES string of the molecule is Cc1c(C(=O)N2CC3CCC2C3)sc2ncnc(NCCc3ccccn3)c12. The van der Waals surface area contributed by atoms with Crippen molar-refractivity contribution < 1.29 is 4.79 Å². The summed E-state index contributed by atoms with van der Waals surface area (Å²) in [6, 6.07) is 6.37. The van der Waals surface area contributed by atoms with Gasteiger partial charge in [0, 0.05) is 37.4 Å². The number of carbonyl (C=O) groups excluding carboxylic acids is 1. The molecule has 1 saturated heterocycles. The first-order valence-corrected chi connectivity index (χ1v) is 10.7. The van der Waals surface area contributed by atoms with Crippen molar-refractivity contribution in [3.05, 3.63) is 46.9 Å². The van der Waals surface area contributed by atoms with Gasteiger partial charge in [-0.3, -0.25) is 9.78 Å². The maximum absolute atomic E-state index is 13.2. The van der Waals surface area contributed by atoms with Crippen molar-refractivity contribution in [3.8, 4) is 0 Å². The number of pyridine rings is 1. The number of hydrogen-bond donors (Lipinski definition) is 1. The second kappa shape index (κ2) is 7.13. The highest BCUT2D eigenvalue weighted by Crippen LogP contribution is 2.40. The number of anilines is 1. The Balaban J connectivity index is 1.38. The van der Waals surface area contributed by atoms with Crippen LogP contribution in [0.1, 0.15) is 40.2 Å². The molecular weight excluding hydrogens is 370 g/mol. The number of hydrogen-bond acceptors (Lipinski definition) is 6.